The average Bonchev–Trinajstić information content (AvgIpc) is 2.14. The molecule has 1 aromatic carbocycles. The Morgan fingerprint density at radius 1 is 1.36 bits per heavy atom. The Hall–Kier alpha value is -1.12. The van der Waals surface area contributed by atoms with Gasteiger partial charge in [0, 0.05) is 5.92 Å². The van der Waals surface area contributed by atoms with Crippen molar-refractivity contribution >= 4 is 0 Å². The molecule has 2 nitrogen and oxygen atoms in total. The molecule has 0 heterocycles. The van der Waals surface area contributed by atoms with Crippen molar-refractivity contribution in [2.45, 2.75) is 25.0 Å². The normalized spacial score (nSPS) is 13.6. The molecule has 0 saturated heterocycles. The van der Waals surface area contributed by atoms with Crippen LogP contribution in [0.25, 0.3) is 0 Å². The highest BCUT2D eigenvalue weighted by Gasteiger charge is 2.29. The molecule has 1 atom stereocenters. The minimum Gasteiger partial charge on any atom is -0.365 e. The standard InChI is InChI=1S/C12H16O2/c1-3-7-11(12(2,13)14)10-8-5-4-6-9-10/h3-6,8-9,11,13-14H,1,7H2,2H3. The number of aliphatic hydroxyl groups is 2. The van der Waals surface area contributed by atoms with Crippen LogP contribution in [0.5, 0.6) is 0 Å². The Kier molecular flexibility index (Phi) is 3.44. The van der Waals surface area contributed by atoms with Crippen LogP contribution in [0.15, 0.2) is 43.0 Å². The van der Waals surface area contributed by atoms with Gasteiger partial charge in [-0.15, -0.1) is 6.58 Å². The molecule has 1 rings (SSSR count). The summed E-state index contributed by atoms with van der Waals surface area (Å²) in [4.78, 5) is 0. The van der Waals surface area contributed by atoms with E-state index in [2.05, 4.69) is 6.58 Å². The zero-order valence-electron chi connectivity index (χ0n) is 8.35. The Balaban J connectivity index is 2.95. The molecule has 0 amide bonds. The molecule has 0 aromatic heterocycles. The minimum absolute atomic E-state index is 0.318. The molecular formula is C12H16O2. The fourth-order valence-electron chi connectivity index (χ4n) is 1.53. The average molecular weight is 192 g/mol. The molecule has 0 fully saturated rings. The van der Waals surface area contributed by atoms with E-state index < -0.39 is 5.79 Å². The molecule has 0 spiro atoms. The van der Waals surface area contributed by atoms with Crippen LogP contribution in [-0.4, -0.2) is 16.0 Å². The third kappa shape index (κ3) is 2.69. The number of hydrogen-bond donors (Lipinski definition) is 2. The van der Waals surface area contributed by atoms with Gasteiger partial charge in [-0.1, -0.05) is 36.4 Å². The highest BCUT2D eigenvalue weighted by Crippen LogP contribution is 2.29. The van der Waals surface area contributed by atoms with Crippen LogP contribution in [0.2, 0.25) is 0 Å². The van der Waals surface area contributed by atoms with E-state index in [-0.39, 0.29) is 5.92 Å². The van der Waals surface area contributed by atoms with E-state index in [4.69, 9.17) is 0 Å². The predicted octanol–water partition coefficient (Wildman–Crippen LogP) is 2.05. The van der Waals surface area contributed by atoms with Crippen molar-refractivity contribution in [2.75, 3.05) is 0 Å². The lowest BCUT2D eigenvalue weighted by atomic mass is 9.89. The maximum Gasteiger partial charge on any atom is 0.166 e. The van der Waals surface area contributed by atoms with Gasteiger partial charge in [-0.3, -0.25) is 0 Å². The molecule has 0 saturated carbocycles. The summed E-state index contributed by atoms with van der Waals surface area (Å²) >= 11 is 0. The summed E-state index contributed by atoms with van der Waals surface area (Å²) in [6, 6.07) is 9.45. The van der Waals surface area contributed by atoms with E-state index in [0.29, 0.717) is 6.42 Å². The van der Waals surface area contributed by atoms with Crippen LogP contribution < -0.4 is 0 Å². The Bertz CT molecular complexity index is 285. The third-order valence-corrected chi connectivity index (χ3v) is 2.26. The summed E-state index contributed by atoms with van der Waals surface area (Å²) < 4.78 is 0. The monoisotopic (exact) mass is 192 g/mol. The minimum atomic E-state index is -1.70. The van der Waals surface area contributed by atoms with E-state index >= 15 is 0 Å². The molecule has 2 N–H and O–H groups in total. The van der Waals surface area contributed by atoms with Gasteiger partial charge in [0.05, 0.1) is 0 Å². The van der Waals surface area contributed by atoms with Gasteiger partial charge >= 0.3 is 0 Å². The molecule has 14 heavy (non-hydrogen) atoms. The Morgan fingerprint density at radius 3 is 2.36 bits per heavy atom. The van der Waals surface area contributed by atoms with Crippen molar-refractivity contribution in [1.29, 1.82) is 0 Å². The number of benzene rings is 1. The van der Waals surface area contributed by atoms with Gasteiger partial charge in [-0.05, 0) is 18.9 Å². The van der Waals surface area contributed by atoms with Crippen molar-refractivity contribution in [3.63, 3.8) is 0 Å². The van der Waals surface area contributed by atoms with Crippen LogP contribution in [-0.2, 0) is 0 Å². The molecule has 0 radical (unpaired) electrons. The second-order valence-electron chi connectivity index (χ2n) is 3.58. The summed E-state index contributed by atoms with van der Waals surface area (Å²) in [5.41, 5.74) is 0.917. The molecule has 0 aliphatic rings. The first-order chi connectivity index (χ1) is 6.55. The fraction of sp³-hybridized carbons (Fsp3) is 0.333. The van der Waals surface area contributed by atoms with Crippen molar-refractivity contribution in [3.8, 4) is 0 Å². The van der Waals surface area contributed by atoms with Gasteiger partial charge in [0.15, 0.2) is 5.79 Å². The van der Waals surface area contributed by atoms with Crippen molar-refractivity contribution in [2.24, 2.45) is 0 Å². The fourth-order valence-corrected chi connectivity index (χ4v) is 1.53. The smallest absolute Gasteiger partial charge is 0.166 e. The molecule has 0 bridgehead atoms. The van der Waals surface area contributed by atoms with Crippen molar-refractivity contribution in [3.05, 3.63) is 48.6 Å². The Labute approximate surface area is 84.5 Å². The Morgan fingerprint density at radius 2 is 1.93 bits per heavy atom. The molecule has 0 aliphatic heterocycles. The maximum atomic E-state index is 9.57. The molecule has 76 valence electrons. The van der Waals surface area contributed by atoms with E-state index in [9.17, 15) is 10.2 Å². The van der Waals surface area contributed by atoms with Gasteiger partial charge in [0.2, 0.25) is 0 Å². The number of allylic oxidation sites excluding steroid dienone is 1. The molecule has 2 heteroatoms. The molecular weight excluding hydrogens is 176 g/mol. The van der Waals surface area contributed by atoms with E-state index in [1.807, 2.05) is 30.3 Å². The first-order valence-corrected chi connectivity index (χ1v) is 4.66. The highest BCUT2D eigenvalue weighted by atomic mass is 16.5. The van der Waals surface area contributed by atoms with E-state index in [1.165, 1.54) is 6.92 Å². The summed E-state index contributed by atoms with van der Waals surface area (Å²) in [6.45, 7) is 5.01. The van der Waals surface area contributed by atoms with Crippen molar-refractivity contribution < 1.29 is 10.2 Å². The molecule has 1 aromatic rings. The first kappa shape index (κ1) is 11.0. The van der Waals surface area contributed by atoms with Gasteiger partial charge < -0.3 is 10.2 Å². The van der Waals surface area contributed by atoms with Crippen LogP contribution in [0.3, 0.4) is 0 Å². The van der Waals surface area contributed by atoms with Crippen LogP contribution >= 0.6 is 0 Å². The second-order valence-corrected chi connectivity index (χ2v) is 3.58. The first-order valence-electron chi connectivity index (χ1n) is 4.66. The number of hydrogen-bond acceptors (Lipinski definition) is 2. The summed E-state index contributed by atoms with van der Waals surface area (Å²) in [7, 11) is 0. The van der Waals surface area contributed by atoms with Crippen LogP contribution in [0, 0.1) is 0 Å². The van der Waals surface area contributed by atoms with Crippen molar-refractivity contribution in [1.82, 2.24) is 0 Å². The van der Waals surface area contributed by atoms with E-state index in [0.717, 1.165) is 5.56 Å². The van der Waals surface area contributed by atoms with Crippen LogP contribution in [0.1, 0.15) is 24.8 Å². The molecule has 1 unspecified atom stereocenters. The van der Waals surface area contributed by atoms with Gasteiger partial charge in [0.1, 0.15) is 0 Å². The number of rotatable bonds is 4. The lowest BCUT2D eigenvalue weighted by Gasteiger charge is -2.27. The summed E-state index contributed by atoms with van der Waals surface area (Å²) in [6.07, 6.45) is 2.25. The quantitative estimate of drug-likeness (QED) is 0.566. The third-order valence-electron chi connectivity index (χ3n) is 2.26. The zero-order chi connectivity index (χ0) is 10.6. The highest BCUT2D eigenvalue weighted by molar-refractivity contribution is 5.22. The SMILES string of the molecule is C=CCC(c1ccccc1)C(C)(O)O. The maximum absolute atomic E-state index is 9.57. The van der Waals surface area contributed by atoms with Gasteiger partial charge in [-0.2, -0.15) is 0 Å². The largest absolute Gasteiger partial charge is 0.365 e. The summed E-state index contributed by atoms with van der Waals surface area (Å²) in [5.74, 6) is -2.02. The van der Waals surface area contributed by atoms with Gasteiger partial charge in [0.25, 0.3) is 0 Å². The second kappa shape index (κ2) is 4.40. The zero-order valence-corrected chi connectivity index (χ0v) is 8.35. The predicted molar refractivity (Wildman–Crippen MR) is 56.8 cm³/mol. The van der Waals surface area contributed by atoms with Crippen LogP contribution in [0.4, 0.5) is 0 Å². The topological polar surface area (TPSA) is 40.5 Å². The lowest BCUT2D eigenvalue weighted by molar-refractivity contribution is -0.162. The lowest BCUT2D eigenvalue weighted by Crippen LogP contribution is -2.31. The summed E-state index contributed by atoms with van der Waals surface area (Å²) in [5, 5.41) is 19.1. The van der Waals surface area contributed by atoms with E-state index in [1.54, 1.807) is 6.08 Å². The molecule has 0 aliphatic carbocycles. The van der Waals surface area contributed by atoms with Gasteiger partial charge in [-0.25, -0.2) is 0 Å².